The molecule has 0 radical (unpaired) electrons. The Balaban J connectivity index is 4.28. The van der Waals surface area contributed by atoms with E-state index < -0.39 is 0 Å². The molecule has 0 fully saturated rings. The van der Waals surface area contributed by atoms with Crippen LogP contribution in [0.5, 0.6) is 0 Å². The van der Waals surface area contributed by atoms with Crippen molar-refractivity contribution in [2.24, 2.45) is 0 Å². The van der Waals surface area contributed by atoms with Crippen molar-refractivity contribution < 1.29 is 0 Å². The lowest BCUT2D eigenvalue weighted by atomic mass is 10.0. The lowest BCUT2D eigenvalue weighted by molar-refractivity contribution is 0.192. The molecule has 0 N–H and O–H groups in total. The van der Waals surface area contributed by atoms with Gasteiger partial charge in [-0.15, -0.1) is 0 Å². The van der Waals surface area contributed by atoms with Gasteiger partial charge in [0.1, 0.15) is 0 Å². The highest BCUT2D eigenvalue weighted by molar-refractivity contribution is 7.78. The summed E-state index contributed by atoms with van der Waals surface area (Å²) in [6.45, 7) is 10.9. The molecule has 0 aromatic rings. The molecule has 0 rings (SSSR count). The van der Waals surface area contributed by atoms with Crippen LogP contribution in [0.1, 0.15) is 41.0 Å². The molecule has 1 nitrogen and oxygen atoms in total. The monoisotopic (exact) mass is 173 g/mol. The third-order valence-electron chi connectivity index (χ3n) is 1.95. The zero-order valence-corrected chi connectivity index (χ0v) is 9.03. The van der Waals surface area contributed by atoms with Gasteiger partial charge in [-0.1, -0.05) is 19.1 Å². The first kappa shape index (κ1) is 10.9. The van der Waals surface area contributed by atoms with Gasteiger partial charge in [-0.25, -0.2) is 0 Å². The molecule has 0 saturated carbocycles. The summed E-state index contributed by atoms with van der Waals surface area (Å²) in [6.07, 6.45) is 1.14. The Morgan fingerprint density at radius 3 is 2.00 bits per heavy atom. The molecule has 1 atom stereocenters. The van der Waals surface area contributed by atoms with Gasteiger partial charge in [0, 0.05) is 11.6 Å². The highest BCUT2D eigenvalue weighted by atomic mass is 32.1. The molecule has 11 heavy (non-hydrogen) atoms. The number of rotatable bonds is 3. The Kier molecular flexibility index (Phi) is 4.01. The van der Waals surface area contributed by atoms with Gasteiger partial charge < -0.3 is 4.90 Å². The smallest absolute Gasteiger partial charge is 0.0647 e. The van der Waals surface area contributed by atoms with E-state index in [1.165, 1.54) is 0 Å². The fourth-order valence-corrected chi connectivity index (χ4v) is 1.64. The van der Waals surface area contributed by atoms with Crippen LogP contribution in [0.3, 0.4) is 0 Å². The fourth-order valence-electron chi connectivity index (χ4n) is 1.12. The van der Waals surface area contributed by atoms with Crippen LogP contribution in [0.25, 0.3) is 0 Å². The fraction of sp³-hybridized carbons (Fsp3) is 0.889. The van der Waals surface area contributed by atoms with Crippen LogP contribution in [0.15, 0.2) is 0 Å². The zero-order chi connectivity index (χ0) is 9.07. The molecule has 66 valence electrons. The van der Waals surface area contributed by atoms with E-state index in [1.807, 2.05) is 0 Å². The summed E-state index contributed by atoms with van der Waals surface area (Å²) in [5.74, 6) is 0. The van der Waals surface area contributed by atoms with Crippen molar-refractivity contribution in [3.05, 3.63) is 0 Å². The summed E-state index contributed by atoms with van der Waals surface area (Å²) in [7, 11) is 0. The molecule has 0 spiro atoms. The van der Waals surface area contributed by atoms with Crippen LogP contribution < -0.4 is 0 Å². The minimum Gasteiger partial charge on any atom is -0.361 e. The molecular formula is C9H19NS. The van der Waals surface area contributed by atoms with E-state index in [0.29, 0.717) is 6.04 Å². The number of hydrogen-bond donors (Lipinski definition) is 0. The lowest BCUT2D eigenvalue weighted by Crippen LogP contribution is -2.45. The van der Waals surface area contributed by atoms with Gasteiger partial charge >= 0.3 is 0 Å². The first-order valence-corrected chi connectivity index (χ1v) is 4.64. The maximum absolute atomic E-state index is 4.97. The Hall–Kier alpha value is -0.110. The normalized spacial score (nSPS) is 14.3. The van der Waals surface area contributed by atoms with Crippen LogP contribution in [0, 0.1) is 0 Å². The molecular weight excluding hydrogens is 154 g/mol. The van der Waals surface area contributed by atoms with Crippen molar-refractivity contribution in [1.82, 2.24) is 4.90 Å². The Bertz CT molecular complexity index is 126. The van der Waals surface area contributed by atoms with E-state index in [1.54, 1.807) is 5.49 Å². The van der Waals surface area contributed by atoms with Gasteiger partial charge in [0.2, 0.25) is 0 Å². The Morgan fingerprint density at radius 1 is 1.45 bits per heavy atom. The molecule has 0 aromatic carbocycles. The van der Waals surface area contributed by atoms with Crippen LogP contribution in [-0.2, 0) is 0 Å². The molecule has 0 aliphatic rings. The van der Waals surface area contributed by atoms with Crippen molar-refractivity contribution in [2.75, 3.05) is 0 Å². The average molecular weight is 173 g/mol. The standard InChI is InChI=1S/C9H19NS/c1-6-8(2)10(7-11)9(3,4)5/h7-8H,6H2,1-5H3. The lowest BCUT2D eigenvalue weighted by Gasteiger charge is -2.38. The van der Waals surface area contributed by atoms with Gasteiger partial charge in [0.25, 0.3) is 0 Å². The third kappa shape index (κ3) is 3.19. The maximum Gasteiger partial charge on any atom is 0.0647 e. The predicted molar refractivity (Wildman–Crippen MR) is 55.0 cm³/mol. The van der Waals surface area contributed by atoms with E-state index >= 15 is 0 Å². The minimum atomic E-state index is 0.164. The summed E-state index contributed by atoms with van der Waals surface area (Å²) in [4.78, 5) is 2.22. The predicted octanol–water partition coefficient (Wildman–Crippen LogP) is 2.84. The quantitative estimate of drug-likeness (QED) is 0.604. The third-order valence-corrected chi connectivity index (χ3v) is 2.18. The molecule has 0 saturated heterocycles. The summed E-state index contributed by atoms with van der Waals surface area (Å²) in [5, 5.41) is 0. The largest absolute Gasteiger partial charge is 0.361 e. The second-order valence-corrected chi connectivity index (χ2v) is 4.15. The average Bonchev–Trinajstić information content (AvgIpc) is 1.86. The minimum absolute atomic E-state index is 0.164. The molecule has 0 bridgehead atoms. The summed E-state index contributed by atoms with van der Waals surface area (Å²) >= 11 is 4.97. The number of thiocarbonyl (C=S) groups is 1. The van der Waals surface area contributed by atoms with E-state index in [4.69, 9.17) is 12.2 Å². The van der Waals surface area contributed by atoms with Gasteiger partial charge in [-0.05, 0) is 34.1 Å². The van der Waals surface area contributed by atoms with Gasteiger partial charge in [0.15, 0.2) is 0 Å². The summed E-state index contributed by atoms with van der Waals surface area (Å²) < 4.78 is 0. The second-order valence-electron chi connectivity index (χ2n) is 3.94. The van der Waals surface area contributed by atoms with Gasteiger partial charge in [-0.2, -0.15) is 0 Å². The Labute approximate surface area is 75.8 Å². The molecule has 0 heterocycles. The van der Waals surface area contributed by atoms with Crippen molar-refractivity contribution in [1.29, 1.82) is 0 Å². The van der Waals surface area contributed by atoms with Crippen LogP contribution >= 0.6 is 12.2 Å². The van der Waals surface area contributed by atoms with Crippen molar-refractivity contribution in [2.45, 2.75) is 52.6 Å². The first-order chi connectivity index (χ1) is 4.93. The highest BCUT2D eigenvalue weighted by Crippen LogP contribution is 2.16. The molecule has 0 aliphatic heterocycles. The van der Waals surface area contributed by atoms with E-state index in [-0.39, 0.29) is 5.54 Å². The van der Waals surface area contributed by atoms with Gasteiger partial charge in [0.05, 0.1) is 5.49 Å². The molecule has 0 aromatic heterocycles. The van der Waals surface area contributed by atoms with Crippen molar-refractivity contribution in [3.63, 3.8) is 0 Å². The SMILES string of the molecule is CCC(C)N(C=S)C(C)(C)C. The molecule has 1 unspecified atom stereocenters. The maximum atomic E-state index is 4.97. The van der Waals surface area contributed by atoms with Crippen LogP contribution in [-0.4, -0.2) is 22.0 Å². The van der Waals surface area contributed by atoms with E-state index in [2.05, 4.69) is 39.5 Å². The van der Waals surface area contributed by atoms with E-state index in [0.717, 1.165) is 6.42 Å². The number of hydrogen-bond acceptors (Lipinski definition) is 1. The first-order valence-electron chi connectivity index (χ1n) is 4.17. The van der Waals surface area contributed by atoms with Crippen molar-refractivity contribution >= 4 is 17.7 Å². The summed E-state index contributed by atoms with van der Waals surface area (Å²) in [6, 6.07) is 0.549. The zero-order valence-electron chi connectivity index (χ0n) is 8.22. The second kappa shape index (κ2) is 4.05. The van der Waals surface area contributed by atoms with Crippen LogP contribution in [0.4, 0.5) is 0 Å². The molecule has 0 amide bonds. The Morgan fingerprint density at radius 2 is 1.91 bits per heavy atom. The number of nitrogens with zero attached hydrogens (tertiary/aromatic N) is 1. The van der Waals surface area contributed by atoms with Gasteiger partial charge in [-0.3, -0.25) is 0 Å². The van der Waals surface area contributed by atoms with Crippen LogP contribution in [0.2, 0.25) is 0 Å². The molecule has 2 heteroatoms. The summed E-state index contributed by atoms with van der Waals surface area (Å²) in [5.41, 5.74) is 1.94. The van der Waals surface area contributed by atoms with Crippen molar-refractivity contribution in [3.8, 4) is 0 Å². The topological polar surface area (TPSA) is 3.24 Å². The van der Waals surface area contributed by atoms with E-state index in [9.17, 15) is 0 Å². The molecule has 0 aliphatic carbocycles. The highest BCUT2D eigenvalue weighted by Gasteiger charge is 2.21.